The molecule has 2 aliphatic carbocycles. The van der Waals surface area contributed by atoms with E-state index in [1.54, 1.807) is 0 Å². The molecule has 162 valence electrons. The van der Waals surface area contributed by atoms with Gasteiger partial charge in [-0.2, -0.15) is 0 Å². The summed E-state index contributed by atoms with van der Waals surface area (Å²) in [5.74, 6) is 1.55. The summed E-state index contributed by atoms with van der Waals surface area (Å²) in [5, 5.41) is 0. The minimum atomic E-state index is -0.129. The average Bonchev–Trinajstić information content (AvgIpc) is 2.72. The van der Waals surface area contributed by atoms with Gasteiger partial charge in [0.2, 0.25) is 0 Å². The zero-order valence-corrected chi connectivity index (χ0v) is 18.5. The Hall–Kier alpha value is -2.36. The second-order valence-electron chi connectivity index (χ2n) is 9.73. The molecule has 0 spiro atoms. The van der Waals surface area contributed by atoms with Crippen molar-refractivity contribution in [2.24, 2.45) is 0 Å². The summed E-state index contributed by atoms with van der Waals surface area (Å²) in [7, 11) is 0. The van der Waals surface area contributed by atoms with Crippen molar-refractivity contribution in [3.8, 4) is 22.6 Å². The second kappa shape index (κ2) is 8.41. The predicted octanol–water partition coefficient (Wildman–Crippen LogP) is 6.72. The molecule has 4 rings (SSSR count). The van der Waals surface area contributed by atoms with Gasteiger partial charge in [0.05, 0.1) is 11.4 Å². The Balaban J connectivity index is 1.59. The van der Waals surface area contributed by atoms with Crippen LogP contribution < -0.4 is 20.9 Å². The van der Waals surface area contributed by atoms with E-state index in [1.807, 2.05) is 24.3 Å². The molecular weight excluding hydrogens is 372 g/mol. The van der Waals surface area contributed by atoms with Gasteiger partial charge in [0.1, 0.15) is 22.7 Å². The maximum atomic E-state index is 6.45. The first-order chi connectivity index (χ1) is 14.4. The topological polar surface area (TPSA) is 70.5 Å². The number of anilines is 2. The van der Waals surface area contributed by atoms with Gasteiger partial charge in [-0.1, -0.05) is 25.0 Å². The molecule has 0 radical (unpaired) electrons. The van der Waals surface area contributed by atoms with Crippen LogP contribution in [-0.2, 0) is 0 Å². The highest BCUT2D eigenvalue weighted by Crippen LogP contribution is 2.40. The molecule has 0 bridgehead atoms. The largest absolute Gasteiger partial charge is 0.485 e. The first-order valence-electron chi connectivity index (χ1n) is 11.5. The van der Waals surface area contributed by atoms with Crippen molar-refractivity contribution in [3.63, 3.8) is 0 Å². The summed E-state index contributed by atoms with van der Waals surface area (Å²) in [6, 6.07) is 12.1. The van der Waals surface area contributed by atoms with Gasteiger partial charge >= 0.3 is 0 Å². The van der Waals surface area contributed by atoms with Crippen LogP contribution >= 0.6 is 0 Å². The number of ether oxygens (including phenoxy) is 2. The van der Waals surface area contributed by atoms with E-state index in [0.29, 0.717) is 11.4 Å². The van der Waals surface area contributed by atoms with E-state index in [0.717, 1.165) is 48.3 Å². The summed E-state index contributed by atoms with van der Waals surface area (Å²) in [6.07, 6.45) is 11.8. The van der Waals surface area contributed by atoms with Gasteiger partial charge in [0.25, 0.3) is 0 Å². The molecule has 2 aromatic rings. The fraction of sp³-hybridized carbons (Fsp3) is 0.538. The molecule has 2 saturated carbocycles. The lowest BCUT2D eigenvalue weighted by Crippen LogP contribution is -2.34. The third-order valence-corrected chi connectivity index (χ3v) is 6.90. The summed E-state index contributed by atoms with van der Waals surface area (Å²) in [6.45, 7) is 4.41. The van der Waals surface area contributed by atoms with Crippen LogP contribution in [0.25, 0.3) is 11.1 Å². The van der Waals surface area contributed by atoms with Crippen LogP contribution in [0.1, 0.15) is 78.1 Å². The zero-order valence-electron chi connectivity index (χ0n) is 18.5. The third-order valence-electron chi connectivity index (χ3n) is 6.90. The fourth-order valence-corrected chi connectivity index (χ4v) is 4.94. The normalized spacial score (nSPS) is 20.5. The van der Waals surface area contributed by atoms with Crippen molar-refractivity contribution < 1.29 is 9.47 Å². The van der Waals surface area contributed by atoms with Crippen LogP contribution in [0.3, 0.4) is 0 Å². The van der Waals surface area contributed by atoms with Gasteiger partial charge in [0, 0.05) is 0 Å². The first-order valence-corrected chi connectivity index (χ1v) is 11.5. The Morgan fingerprint density at radius 3 is 1.33 bits per heavy atom. The minimum Gasteiger partial charge on any atom is -0.485 e. The number of benzene rings is 2. The summed E-state index contributed by atoms with van der Waals surface area (Å²) < 4.78 is 12.9. The van der Waals surface area contributed by atoms with Gasteiger partial charge < -0.3 is 20.9 Å². The van der Waals surface area contributed by atoms with E-state index in [-0.39, 0.29) is 11.2 Å². The Morgan fingerprint density at radius 2 is 0.967 bits per heavy atom. The maximum Gasteiger partial charge on any atom is 0.143 e. The minimum absolute atomic E-state index is 0.129. The molecule has 0 aromatic heterocycles. The van der Waals surface area contributed by atoms with Crippen molar-refractivity contribution in [3.05, 3.63) is 36.4 Å². The molecule has 0 aliphatic heterocycles. The standard InChI is InChI=1S/C26H36N2O2/c1-25(13-5-3-6-14-25)29-23-17-19(9-11-21(23)27)20-10-12-22(28)24(18-20)30-26(2)15-7-4-8-16-26/h9-12,17-18H,3-8,13-16,27-28H2,1-2H3. The van der Waals surface area contributed by atoms with Gasteiger partial charge in [0.15, 0.2) is 0 Å². The number of hydrogen-bond donors (Lipinski definition) is 2. The van der Waals surface area contributed by atoms with Gasteiger partial charge in [-0.15, -0.1) is 0 Å². The molecule has 2 aromatic carbocycles. The predicted molar refractivity (Wildman–Crippen MR) is 125 cm³/mol. The van der Waals surface area contributed by atoms with Crippen LogP contribution in [0.2, 0.25) is 0 Å². The van der Waals surface area contributed by atoms with Crippen LogP contribution in [0.4, 0.5) is 11.4 Å². The average molecular weight is 409 g/mol. The van der Waals surface area contributed by atoms with E-state index in [1.165, 1.54) is 38.5 Å². The molecule has 0 unspecified atom stereocenters. The fourth-order valence-electron chi connectivity index (χ4n) is 4.94. The highest BCUT2D eigenvalue weighted by atomic mass is 16.5. The van der Waals surface area contributed by atoms with E-state index < -0.39 is 0 Å². The van der Waals surface area contributed by atoms with Crippen molar-refractivity contribution in [2.45, 2.75) is 89.3 Å². The van der Waals surface area contributed by atoms with Crippen LogP contribution in [0, 0.1) is 0 Å². The molecule has 0 heterocycles. The lowest BCUT2D eigenvalue weighted by Gasteiger charge is -2.35. The zero-order chi connectivity index (χ0) is 21.2. The van der Waals surface area contributed by atoms with E-state index >= 15 is 0 Å². The Bertz CT molecular complexity index is 807. The molecule has 4 nitrogen and oxygen atoms in total. The lowest BCUT2D eigenvalue weighted by molar-refractivity contribution is 0.0491. The number of nitrogens with two attached hydrogens (primary N) is 2. The summed E-state index contributed by atoms with van der Waals surface area (Å²) in [4.78, 5) is 0. The van der Waals surface area contributed by atoms with E-state index in [4.69, 9.17) is 20.9 Å². The lowest BCUT2D eigenvalue weighted by atomic mass is 9.86. The van der Waals surface area contributed by atoms with Crippen molar-refractivity contribution in [2.75, 3.05) is 11.5 Å². The molecule has 2 aliphatic rings. The second-order valence-corrected chi connectivity index (χ2v) is 9.73. The Morgan fingerprint density at radius 1 is 0.600 bits per heavy atom. The van der Waals surface area contributed by atoms with Gasteiger partial charge in [-0.05, 0) is 101 Å². The van der Waals surface area contributed by atoms with E-state index in [2.05, 4.69) is 26.0 Å². The van der Waals surface area contributed by atoms with Gasteiger partial charge in [-0.25, -0.2) is 0 Å². The van der Waals surface area contributed by atoms with Crippen LogP contribution in [0.15, 0.2) is 36.4 Å². The highest BCUT2D eigenvalue weighted by Gasteiger charge is 2.30. The number of rotatable bonds is 5. The molecule has 0 saturated heterocycles. The first kappa shape index (κ1) is 20.9. The SMILES string of the molecule is CC1(Oc2cc(-c3ccc(N)c(OC4(C)CCCCC4)c3)ccc2N)CCCCC1. The Kier molecular flexibility index (Phi) is 5.86. The summed E-state index contributed by atoms with van der Waals surface area (Å²) >= 11 is 0. The highest BCUT2D eigenvalue weighted by molar-refractivity contribution is 5.73. The molecule has 0 atom stereocenters. The molecule has 4 N–H and O–H groups in total. The molecule has 30 heavy (non-hydrogen) atoms. The smallest absolute Gasteiger partial charge is 0.143 e. The monoisotopic (exact) mass is 408 g/mol. The Labute approximate surface area is 180 Å². The van der Waals surface area contributed by atoms with Crippen LogP contribution in [0.5, 0.6) is 11.5 Å². The number of hydrogen-bond acceptors (Lipinski definition) is 4. The molecule has 2 fully saturated rings. The number of nitrogen functional groups attached to an aromatic ring is 2. The molecule has 4 heteroatoms. The third kappa shape index (κ3) is 4.69. The van der Waals surface area contributed by atoms with E-state index in [9.17, 15) is 0 Å². The summed E-state index contributed by atoms with van der Waals surface area (Å²) in [5.41, 5.74) is 15.8. The maximum absolute atomic E-state index is 6.45. The van der Waals surface area contributed by atoms with Gasteiger partial charge in [-0.3, -0.25) is 0 Å². The van der Waals surface area contributed by atoms with Crippen molar-refractivity contribution in [1.82, 2.24) is 0 Å². The van der Waals surface area contributed by atoms with Crippen molar-refractivity contribution >= 4 is 11.4 Å². The van der Waals surface area contributed by atoms with Crippen LogP contribution in [-0.4, -0.2) is 11.2 Å². The van der Waals surface area contributed by atoms with Crippen molar-refractivity contribution in [1.29, 1.82) is 0 Å². The quantitative estimate of drug-likeness (QED) is 0.539. The molecule has 0 amide bonds. The molecular formula is C26H36N2O2.